The molecule has 1 heterocycles. The van der Waals surface area contributed by atoms with E-state index in [1.54, 1.807) is 24.1 Å². The molecule has 0 spiro atoms. The molecule has 2 aromatic rings. The van der Waals surface area contributed by atoms with Crippen molar-refractivity contribution in [2.45, 2.75) is 19.4 Å². The number of fused-ring (bicyclic) bond motifs is 1. The summed E-state index contributed by atoms with van der Waals surface area (Å²) in [6.07, 6.45) is 0.776. The van der Waals surface area contributed by atoms with E-state index in [0.29, 0.717) is 18.7 Å². The predicted octanol–water partition coefficient (Wildman–Crippen LogP) is 2.88. The van der Waals surface area contributed by atoms with Crippen molar-refractivity contribution in [1.82, 2.24) is 5.32 Å². The zero-order valence-electron chi connectivity index (χ0n) is 12.9. The van der Waals surface area contributed by atoms with Crippen molar-refractivity contribution in [1.29, 1.82) is 0 Å². The molecule has 0 bridgehead atoms. The minimum absolute atomic E-state index is 0.134. The predicted molar refractivity (Wildman–Crippen MR) is 87.5 cm³/mol. The first kappa shape index (κ1) is 15.1. The minimum atomic E-state index is -0.485. The van der Waals surface area contributed by atoms with Gasteiger partial charge in [0.15, 0.2) is 0 Å². The molecule has 2 amide bonds. The average molecular weight is 310 g/mol. The number of aryl methyl sites for hydroxylation is 1. The SMILES string of the molecule is CN1C(=O)CCc2cc(CNC(=O)Oc3ccccc3)ccc21. The monoisotopic (exact) mass is 310 g/mol. The number of carbonyl (C=O) groups excluding carboxylic acids is 2. The van der Waals surface area contributed by atoms with Gasteiger partial charge in [-0.05, 0) is 35.7 Å². The van der Waals surface area contributed by atoms with Gasteiger partial charge in [0.2, 0.25) is 5.91 Å². The summed E-state index contributed by atoms with van der Waals surface area (Å²) in [7, 11) is 1.79. The quantitative estimate of drug-likeness (QED) is 0.948. The third-order valence-corrected chi connectivity index (χ3v) is 3.88. The zero-order valence-corrected chi connectivity index (χ0v) is 12.9. The van der Waals surface area contributed by atoms with E-state index in [-0.39, 0.29) is 5.91 Å². The molecule has 0 radical (unpaired) electrons. The van der Waals surface area contributed by atoms with E-state index >= 15 is 0 Å². The molecule has 0 unspecified atom stereocenters. The van der Waals surface area contributed by atoms with Crippen LogP contribution in [0.2, 0.25) is 0 Å². The Labute approximate surface area is 134 Å². The first-order chi connectivity index (χ1) is 11.1. The first-order valence-corrected chi connectivity index (χ1v) is 7.52. The van der Waals surface area contributed by atoms with Crippen LogP contribution in [-0.4, -0.2) is 19.0 Å². The van der Waals surface area contributed by atoms with E-state index in [1.807, 2.05) is 36.4 Å². The molecule has 1 aliphatic rings. The summed E-state index contributed by atoms with van der Waals surface area (Å²) in [5.41, 5.74) is 3.05. The lowest BCUT2D eigenvalue weighted by molar-refractivity contribution is -0.118. The fourth-order valence-corrected chi connectivity index (χ4v) is 2.63. The molecular formula is C18H18N2O3. The molecule has 5 nitrogen and oxygen atoms in total. The second kappa shape index (κ2) is 6.52. The highest BCUT2D eigenvalue weighted by atomic mass is 16.6. The lowest BCUT2D eigenvalue weighted by Crippen LogP contribution is -2.31. The number of ether oxygens (including phenoxy) is 1. The van der Waals surface area contributed by atoms with Crippen LogP contribution in [0, 0.1) is 0 Å². The molecular weight excluding hydrogens is 292 g/mol. The molecule has 5 heteroatoms. The third kappa shape index (κ3) is 3.51. The van der Waals surface area contributed by atoms with Crippen LogP contribution in [0.3, 0.4) is 0 Å². The highest BCUT2D eigenvalue weighted by Crippen LogP contribution is 2.27. The number of amides is 2. The number of carbonyl (C=O) groups is 2. The Morgan fingerprint density at radius 1 is 1.17 bits per heavy atom. The minimum Gasteiger partial charge on any atom is -0.410 e. The van der Waals surface area contributed by atoms with Gasteiger partial charge in [-0.1, -0.05) is 30.3 Å². The van der Waals surface area contributed by atoms with Crippen LogP contribution in [0.5, 0.6) is 5.75 Å². The number of hydrogen-bond donors (Lipinski definition) is 1. The molecule has 23 heavy (non-hydrogen) atoms. The Hall–Kier alpha value is -2.82. The summed E-state index contributed by atoms with van der Waals surface area (Å²) in [5.74, 6) is 0.644. The van der Waals surface area contributed by atoms with Crippen molar-refractivity contribution in [2.75, 3.05) is 11.9 Å². The van der Waals surface area contributed by atoms with Crippen molar-refractivity contribution in [2.24, 2.45) is 0 Å². The number of benzene rings is 2. The van der Waals surface area contributed by atoms with Gasteiger partial charge in [0, 0.05) is 25.7 Å². The number of hydrogen-bond acceptors (Lipinski definition) is 3. The molecule has 0 fully saturated rings. The molecule has 1 aliphatic heterocycles. The molecule has 0 aliphatic carbocycles. The normalized spacial score (nSPS) is 13.4. The summed E-state index contributed by atoms with van der Waals surface area (Å²) in [5, 5.41) is 2.73. The number of nitrogens with one attached hydrogen (secondary N) is 1. The Morgan fingerprint density at radius 3 is 2.74 bits per heavy atom. The van der Waals surface area contributed by atoms with Crippen LogP contribution in [-0.2, 0) is 17.8 Å². The maximum Gasteiger partial charge on any atom is 0.412 e. The summed E-state index contributed by atoms with van der Waals surface area (Å²) in [6.45, 7) is 0.386. The van der Waals surface area contributed by atoms with E-state index in [1.165, 1.54) is 0 Å². The fraction of sp³-hybridized carbons (Fsp3) is 0.222. The van der Waals surface area contributed by atoms with Gasteiger partial charge >= 0.3 is 6.09 Å². The van der Waals surface area contributed by atoms with E-state index in [9.17, 15) is 9.59 Å². The molecule has 0 saturated heterocycles. The molecule has 0 atom stereocenters. The van der Waals surface area contributed by atoms with Gasteiger partial charge in [0.1, 0.15) is 5.75 Å². The number of rotatable bonds is 3. The first-order valence-electron chi connectivity index (χ1n) is 7.52. The molecule has 118 valence electrons. The highest BCUT2D eigenvalue weighted by Gasteiger charge is 2.20. The maximum atomic E-state index is 11.8. The zero-order chi connectivity index (χ0) is 16.2. The standard InChI is InChI=1S/C18H18N2O3/c1-20-16-9-7-13(11-14(16)8-10-17(20)21)12-19-18(22)23-15-5-3-2-4-6-15/h2-7,9,11H,8,10,12H2,1H3,(H,19,22). The van der Waals surface area contributed by atoms with Crippen molar-refractivity contribution < 1.29 is 14.3 Å². The van der Waals surface area contributed by atoms with Crippen LogP contribution in [0.1, 0.15) is 17.5 Å². The number of nitrogens with zero attached hydrogens (tertiary/aromatic N) is 1. The van der Waals surface area contributed by atoms with Crippen molar-refractivity contribution in [3.05, 3.63) is 59.7 Å². The lowest BCUT2D eigenvalue weighted by atomic mass is 9.99. The van der Waals surface area contributed by atoms with Gasteiger partial charge in [-0.15, -0.1) is 0 Å². The van der Waals surface area contributed by atoms with Gasteiger partial charge in [0.05, 0.1) is 0 Å². The van der Waals surface area contributed by atoms with E-state index in [0.717, 1.165) is 23.2 Å². The van der Waals surface area contributed by atoms with Crippen LogP contribution < -0.4 is 15.0 Å². The lowest BCUT2D eigenvalue weighted by Gasteiger charge is -2.26. The van der Waals surface area contributed by atoms with Gasteiger partial charge in [-0.2, -0.15) is 0 Å². The number of anilines is 1. The molecule has 0 saturated carbocycles. The molecule has 3 rings (SSSR count). The Balaban J connectivity index is 1.61. The van der Waals surface area contributed by atoms with Crippen molar-refractivity contribution in [3.8, 4) is 5.75 Å². The van der Waals surface area contributed by atoms with Crippen LogP contribution >= 0.6 is 0 Å². The summed E-state index contributed by atoms with van der Waals surface area (Å²) < 4.78 is 5.18. The second-order valence-electron chi connectivity index (χ2n) is 5.47. The molecule has 0 aromatic heterocycles. The Morgan fingerprint density at radius 2 is 1.96 bits per heavy atom. The average Bonchev–Trinajstić information content (AvgIpc) is 2.57. The summed E-state index contributed by atoms with van der Waals surface area (Å²) >= 11 is 0. The molecule has 2 aromatic carbocycles. The summed E-state index contributed by atoms with van der Waals surface area (Å²) in [6, 6.07) is 14.8. The van der Waals surface area contributed by atoms with Crippen molar-refractivity contribution >= 4 is 17.7 Å². The largest absolute Gasteiger partial charge is 0.412 e. The highest BCUT2D eigenvalue weighted by molar-refractivity contribution is 5.95. The smallest absolute Gasteiger partial charge is 0.410 e. The van der Waals surface area contributed by atoms with Gasteiger partial charge in [-0.25, -0.2) is 4.79 Å². The van der Waals surface area contributed by atoms with Gasteiger partial charge in [-0.3, -0.25) is 4.79 Å². The van der Waals surface area contributed by atoms with Crippen LogP contribution in [0.15, 0.2) is 48.5 Å². The topological polar surface area (TPSA) is 58.6 Å². The van der Waals surface area contributed by atoms with Gasteiger partial charge < -0.3 is 15.0 Å². The van der Waals surface area contributed by atoms with E-state index < -0.39 is 6.09 Å². The third-order valence-electron chi connectivity index (χ3n) is 3.88. The summed E-state index contributed by atoms with van der Waals surface area (Å²) in [4.78, 5) is 25.1. The van der Waals surface area contributed by atoms with Crippen LogP contribution in [0.4, 0.5) is 10.5 Å². The molecule has 1 N–H and O–H groups in total. The second-order valence-corrected chi connectivity index (χ2v) is 5.47. The fourth-order valence-electron chi connectivity index (χ4n) is 2.63. The van der Waals surface area contributed by atoms with Crippen molar-refractivity contribution in [3.63, 3.8) is 0 Å². The Bertz CT molecular complexity index is 728. The van der Waals surface area contributed by atoms with Gasteiger partial charge in [0.25, 0.3) is 0 Å². The maximum absolute atomic E-state index is 11.8. The number of para-hydroxylation sites is 1. The Kier molecular flexibility index (Phi) is 4.28. The van der Waals surface area contributed by atoms with E-state index in [4.69, 9.17) is 4.74 Å². The van der Waals surface area contributed by atoms with Crippen LogP contribution in [0.25, 0.3) is 0 Å². The van der Waals surface area contributed by atoms with E-state index in [2.05, 4.69) is 5.32 Å².